The van der Waals surface area contributed by atoms with Gasteiger partial charge in [0.1, 0.15) is 6.61 Å². The van der Waals surface area contributed by atoms with Gasteiger partial charge in [0.2, 0.25) is 5.91 Å². The van der Waals surface area contributed by atoms with Crippen LogP contribution < -0.4 is 0 Å². The SMILES string of the molecule is CCCOCC(=O)N(C)CCC(C)Cl. The number of amides is 1. The van der Waals surface area contributed by atoms with Crippen molar-refractivity contribution >= 4 is 17.5 Å². The van der Waals surface area contributed by atoms with Gasteiger partial charge in [0.05, 0.1) is 0 Å². The van der Waals surface area contributed by atoms with Crippen molar-refractivity contribution < 1.29 is 9.53 Å². The zero-order valence-electron chi connectivity index (χ0n) is 9.25. The maximum atomic E-state index is 11.4. The molecule has 0 saturated carbocycles. The zero-order valence-corrected chi connectivity index (χ0v) is 10.0. The van der Waals surface area contributed by atoms with Gasteiger partial charge in [-0.15, -0.1) is 11.6 Å². The first kappa shape index (κ1) is 13.7. The van der Waals surface area contributed by atoms with Crippen molar-refractivity contribution in [2.24, 2.45) is 0 Å². The first-order valence-corrected chi connectivity index (χ1v) is 5.47. The Bertz CT molecular complexity index is 162. The zero-order chi connectivity index (χ0) is 11.0. The highest BCUT2D eigenvalue weighted by Gasteiger charge is 2.08. The predicted octanol–water partition coefficient (Wildman–Crippen LogP) is 1.89. The van der Waals surface area contributed by atoms with Crippen molar-refractivity contribution in [3.8, 4) is 0 Å². The second kappa shape index (κ2) is 8.06. The third-order valence-electron chi connectivity index (χ3n) is 1.86. The Morgan fingerprint density at radius 3 is 2.71 bits per heavy atom. The molecule has 84 valence electrons. The van der Waals surface area contributed by atoms with Crippen molar-refractivity contribution in [2.75, 3.05) is 26.8 Å². The van der Waals surface area contributed by atoms with E-state index in [0.717, 1.165) is 12.8 Å². The number of nitrogens with zero attached hydrogens (tertiary/aromatic N) is 1. The summed E-state index contributed by atoms with van der Waals surface area (Å²) >= 11 is 5.78. The molecule has 0 aromatic rings. The minimum Gasteiger partial charge on any atom is -0.372 e. The van der Waals surface area contributed by atoms with Gasteiger partial charge in [-0.3, -0.25) is 4.79 Å². The molecule has 14 heavy (non-hydrogen) atoms. The van der Waals surface area contributed by atoms with Gasteiger partial charge >= 0.3 is 0 Å². The molecular formula is C10H20ClNO2. The van der Waals surface area contributed by atoms with Gasteiger partial charge in [-0.1, -0.05) is 6.92 Å². The van der Waals surface area contributed by atoms with Gasteiger partial charge in [0.15, 0.2) is 0 Å². The van der Waals surface area contributed by atoms with Crippen LogP contribution in [-0.2, 0) is 9.53 Å². The summed E-state index contributed by atoms with van der Waals surface area (Å²) in [4.78, 5) is 13.0. The minimum atomic E-state index is 0.0239. The van der Waals surface area contributed by atoms with Crippen LogP contribution in [0.5, 0.6) is 0 Å². The Morgan fingerprint density at radius 2 is 2.21 bits per heavy atom. The molecule has 1 unspecified atom stereocenters. The molecule has 0 bridgehead atoms. The number of hydrogen-bond acceptors (Lipinski definition) is 2. The van der Waals surface area contributed by atoms with Gasteiger partial charge in [0, 0.05) is 25.6 Å². The number of ether oxygens (including phenoxy) is 1. The van der Waals surface area contributed by atoms with Crippen molar-refractivity contribution in [2.45, 2.75) is 32.1 Å². The van der Waals surface area contributed by atoms with Crippen LogP contribution in [0.25, 0.3) is 0 Å². The third-order valence-corrected chi connectivity index (χ3v) is 2.08. The number of hydrogen-bond donors (Lipinski definition) is 0. The molecule has 0 aromatic heterocycles. The number of likely N-dealkylation sites (N-methyl/N-ethyl adjacent to an activating group) is 1. The Morgan fingerprint density at radius 1 is 1.57 bits per heavy atom. The van der Waals surface area contributed by atoms with Gasteiger partial charge in [-0.25, -0.2) is 0 Å². The molecule has 0 saturated heterocycles. The highest BCUT2D eigenvalue weighted by atomic mass is 35.5. The molecule has 0 N–H and O–H groups in total. The summed E-state index contributed by atoms with van der Waals surface area (Å²) in [5, 5.41) is 0.113. The van der Waals surface area contributed by atoms with Crippen LogP contribution in [0.1, 0.15) is 26.7 Å². The largest absolute Gasteiger partial charge is 0.372 e. The lowest BCUT2D eigenvalue weighted by molar-refractivity contribution is -0.134. The van der Waals surface area contributed by atoms with E-state index in [1.54, 1.807) is 11.9 Å². The normalized spacial score (nSPS) is 12.6. The van der Waals surface area contributed by atoms with Gasteiger partial charge in [-0.05, 0) is 19.8 Å². The topological polar surface area (TPSA) is 29.5 Å². The fourth-order valence-electron chi connectivity index (χ4n) is 0.910. The smallest absolute Gasteiger partial charge is 0.248 e. The number of rotatable bonds is 7. The van der Waals surface area contributed by atoms with Crippen molar-refractivity contribution in [3.05, 3.63) is 0 Å². The molecule has 0 spiro atoms. The van der Waals surface area contributed by atoms with E-state index in [9.17, 15) is 4.79 Å². The van der Waals surface area contributed by atoms with E-state index in [4.69, 9.17) is 16.3 Å². The second-order valence-corrected chi connectivity index (χ2v) is 4.18. The molecule has 0 fully saturated rings. The first-order valence-electron chi connectivity index (χ1n) is 5.03. The summed E-state index contributed by atoms with van der Waals surface area (Å²) in [6.45, 7) is 5.46. The summed E-state index contributed by atoms with van der Waals surface area (Å²) in [7, 11) is 1.77. The molecule has 1 amide bonds. The molecule has 1 atom stereocenters. The standard InChI is InChI=1S/C10H20ClNO2/c1-4-7-14-8-10(13)12(3)6-5-9(2)11/h9H,4-8H2,1-3H3. The average Bonchev–Trinajstić information content (AvgIpc) is 2.14. The molecule has 4 heteroatoms. The molecule has 3 nitrogen and oxygen atoms in total. The van der Waals surface area contributed by atoms with E-state index >= 15 is 0 Å². The van der Waals surface area contributed by atoms with Crippen LogP contribution in [0.15, 0.2) is 0 Å². The Balaban J connectivity index is 3.54. The van der Waals surface area contributed by atoms with Crippen molar-refractivity contribution in [1.29, 1.82) is 0 Å². The monoisotopic (exact) mass is 221 g/mol. The molecule has 0 aliphatic heterocycles. The first-order chi connectivity index (χ1) is 6.57. The number of carbonyl (C=O) groups is 1. The third kappa shape index (κ3) is 7.15. The molecular weight excluding hydrogens is 202 g/mol. The molecule has 0 aliphatic rings. The second-order valence-electron chi connectivity index (χ2n) is 3.44. The highest BCUT2D eigenvalue weighted by Crippen LogP contribution is 2.01. The highest BCUT2D eigenvalue weighted by molar-refractivity contribution is 6.20. The molecule has 0 rings (SSSR count). The number of carbonyl (C=O) groups excluding carboxylic acids is 1. The number of halogens is 1. The Kier molecular flexibility index (Phi) is 7.90. The molecule has 0 aromatic carbocycles. The van der Waals surface area contributed by atoms with Gasteiger partial charge in [-0.2, -0.15) is 0 Å². The number of alkyl halides is 1. The van der Waals surface area contributed by atoms with Crippen molar-refractivity contribution in [3.63, 3.8) is 0 Å². The fourth-order valence-corrected chi connectivity index (χ4v) is 1.01. The quantitative estimate of drug-likeness (QED) is 0.486. The summed E-state index contributed by atoms with van der Waals surface area (Å²) in [5.41, 5.74) is 0. The van der Waals surface area contributed by atoms with Gasteiger partial charge in [0.25, 0.3) is 0 Å². The maximum absolute atomic E-state index is 11.4. The van der Waals surface area contributed by atoms with E-state index in [0.29, 0.717) is 13.2 Å². The van der Waals surface area contributed by atoms with Crippen LogP contribution >= 0.6 is 11.6 Å². The average molecular weight is 222 g/mol. The van der Waals surface area contributed by atoms with Crippen LogP contribution in [0, 0.1) is 0 Å². The Hall–Kier alpha value is -0.280. The summed E-state index contributed by atoms with van der Waals surface area (Å²) in [6, 6.07) is 0. The molecule has 0 radical (unpaired) electrons. The van der Waals surface area contributed by atoms with Crippen molar-refractivity contribution in [1.82, 2.24) is 4.90 Å². The lowest BCUT2D eigenvalue weighted by Crippen LogP contribution is -2.32. The maximum Gasteiger partial charge on any atom is 0.248 e. The van der Waals surface area contributed by atoms with E-state index in [1.165, 1.54) is 0 Å². The summed E-state index contributed by atoms with van der Waals surface area (Å²) in [6.07, 6.45) is 1.76. The summed E-state index contributed by atoms with van der Waals surface area (Å²) < 4.78 is 5.15. The lowest BCUT2D eigenvalue weighted by atomic mass is 10.3. The fraction of sp³-hybridized carbons (Fsp3) is 0.900. The van der Waals surface area contributed by atoms with E-state index in [2.05, 4.69) is 0 Å². The van der Waals surface area contributed by atoms with Crippen LogP contribution in [0.2, 0.25) is 0 Å². The minimum absolute atomic E-state index is 0.0239. The molecule has 0 heterocycles. The van der Waals surface area contributed by atoms with E-state index < -0.39 is 0 Å². The lowest BCUT2D eigenvalue weighted by Gasteiger charge is -2.17. The van der Waals surface area contributed by atoms with Gasteiger partial charge < -0.3 is 9.64 Å². The predicted molar refractivity (Wildman–Crippen MR) is 58.7 cm³/mol. The molecule has 0 aliphatic carbocycles. The van der Waals surface area contributed by atoms with Crippen LogP contribution in [-0.4, -0.2) is 43.0 Å². The Labute approximate surface area is 91.4 Å². The van der Waals surface area contributed by atoms with Crippen LogP contribution in [0.4, 0.5) is 0 Å². The van der Waals surface area contributed by atoms with E-state index in [-0.39, 0.29) is 17.9 Å². The summed E-state index contributed by atoms with van der Waals surface area (Å²) in [5.74, 6) is 0.0239. The van der Waals surface area contributed by atoms with E-state index in [1.807, 2.05) is 13.8 Å². The van der Waals surface area contributed by atoms with Crippen LogP contribution in [0.3, 0.4) is 0 Å².